The lowest BCUT2D eigenvalue weighted by Crippen LogP contribution is -2.42. The number of fused-ring (bicyclic) bond motifs is 1. The number of rotatable bonds is 5. The zero-order valence-electron chi connectivity index (χ0n) is 13.9. The standard InChI is InChI=1S/C18H17N5O3/c1-10(16(19)24)20-18(26)15-13-8-7-12(9-14(13)22-23-15)21-17(25)11-5-3-2-4-6-11/h2-10H,1H3,(H2,19,24)(H,20,26)(H,21,25)(H,22,23)/t10-/m0/s1. The van der Waals surface area contributed by atoms with Crippen LogP contribution in [0.3, 0.4) is 0 Å². The highest BCUT2D eigenvalue weighted by Crippen LogP contribution is 2.21. The maximum absolute atomic E-state index is 12.2. The predicted molar refractivity (Wildman–Crippen MR) is 96.6 cm³/mol. The molecule has 0 saturated carbocycles. The Morgan fingerprint density at radius 3 is 2.50 bits per heavy atom. The molecule has 3 amide bonds. The van der Waals surface area contributed by atoms with Gasteiger partial charge in [-0.15, -0.1) is 0 Å². The fourth-order valence-electron chi connectivity index (χ4n) is 2.40. The molecule has 0 aliphatic rings. The fourth-order valence-corrected chi connectivity index (χ4v) is 2.40. The van der Waals surface area contributed by atoms with E-state index in [1.807, 2.05) is 6.07 Å². The Morgan fingerprint density at radius 2 is 1.81 bits per heavy atom. The van der Waals surface area contributed by atoms with Gasteiger partial charge in [-0.25, -0.2) is 0 Å². The van der Waals surface area contributed by atoms with Gasteiger partial charge >= 0.3 is 0 Å². The largest absolute Gasteiger partial charge is 0.368 e. The van der Waals surface area contributed by atoms with Gasteiger partial charge in [0.2, 0.25) is 5.91 Å². The topological polar surface area (TPSA) is 130 Å². The van der Waals surface area contributed by atoms with Crippen LogP contribution in [0.5, 0.6) is 0 Å². The third-order valence-corrected chi connectivity index (χ3v) is 3.85. The highest BCUT2D eigenvalue weighted by molar-refractivity contribution is 6.08. The average Bonchev–Trinajstić information content (AvgIpc) is 3.05. The number of nitrogens with two attached hydrogens (primary N) is 1. The molecular formula is C18H17N5O3. The summed E-state index contributed by atoms with van der Waals surface area (Å²) in [6, 6.07) is 13.0. The van der Waals surface area contributed by atoms with Crippen molar-refractivity contribution < 1.29 is 14.4 Å². The summed E-state index contributed by atoms with van der Waals surface area (Å²) in [4.78, 5) is 35.5. The Morgan fingerprint density at radius 1 is 1.08 bits per heavy atom. The van der Waals surface area contributed by atoms with Gasteiger partial charge in [0.05, 0.1) is 5.52 Å². The summed E-state index contributed by atoms with van der Waals surface area (Å²) in [6.45, 7) is 1.49. The molecule has 0 bridgehead atoms. The minimum Gasteiger partial charge on any atom is -0.368 e. The van der Waals surface area contributed by atoms with E-state index in [0.717, 1.165) is 0 Å². The number of aromatic nitrogens is 2. The number of anilines is 1. The summed E-state index contributed by atoms with van der Waals surface area (Å²) >= 11 is 0. The minimum absolute atomic E-state index is 0.147. The third kappa shape index (κ3) is 3.54. The first-order valence-corrected chi connectivity index (χ1v) is 7.90. The van der Waals surface area contributed by atoms with Crippen LogP contribution >= 0.6 is 0 Å². The van der Waals surface area contributed by atoms with Gasteiger partial charge in [0.15, 0.2) is 5.69 Å². The zero-order chi connectivity index (χ0) is 18.7. The second kappa shape index (κ2) is 7.06. The number of primary amides is 1. The van der Waals surface area contributed by atoms with Crippen molar-refractivity contribution in [2.45, 2.75) is 13.0 Å². The Labute approximate surface area is 148 Å². The van der Waals surface area contributed by atoms with Gasteiger partial charge in [-0.05, 0) is 37.3 Å². The monoisotopic (exact) mass is 351 g/mol. The van der Waals surface area contributed by atoms with Crippen molar-refractivity contribution in [1.82, 2.24) is 15.5 Å². The summed E-state index contributed by atoms with van der Waals surface area (Å²) in [7, 11) is 0. The molecule has 5 N–H and O–H groups in total. The summed E-state index contributed by atoms with van der Waals surface area (Å²) < 4.78 is 0. The molecule has 0 fully saturated rings. The predicted octanol–water partition coefficient (Wildman–Crippen LogP) is 1.42. The number of amides is 3. The molecule has 8 heteroatoms. The Bertz CT molecular complexity index is 981. The molecule has 0 unspecified atom stereocenters. The first-order valence-electron chi connectivity index (χ1n) is 7.90. The second-order valence-corrected chi connectivity index (χ2v) is 5.75. The van der Waals surface area contributed by atoms with E-state index in [2.05, 4.69) is 20.8 Å². The van der Waals surface area contributed by atoms with Crippen LogP contribution in [-0.4, -0.2) is 34.0 Å². The number of carbonyl (C=O) groups excluding carboxylic acids is 3. The SMILES string of the molecule is C[C@H](NC(=O)c1n[nH]c2cc(NC(=O)c3ccccc3)ccc12)C(N)=O. The molecule has 0 spiro atoms. The molecule has 26 heavy (non-hydrogen) atoms. The number of carbonyl (C=O) groups is 3. The van der Waals surface area contributed by atoms with E-state index < -0.39 is 17.9 Å². The number of nitrogens with zero attached hydrogens (tertiary/aromatic N) is 1. The fraction of sp³-hybridized carbons (Fsp3) is 0.111. The maximum atomic E-state index is 12.2. The molecule has 1 heterocycles. The molecule has 0 saturated heterocycles. The van der Waals surface area contributed by atoms with Crippen LogP contribution in [0.25, 0.3) is 10.9 Å². The number of benzene rings is 2. The van der Waals surface area contributed by atoms with E-state index in [-0.39, 0.29) is 11.6 Å². The van der Waals surface area contributed by atoms with Crippen molar-refractivity contribution in [3.05, 3.63) is 59.8 Å². The number of aromatic amines is 1. The quantitative estimate of drug-likeness (QED) is 0.554. The van der Waals surface area contributed by atoms with Gasteiger partial charge in [0.1, 0.15) is 6.04 Å². The van der Waals surface area contributed by atoms with Crippen LogP contribution in [0, 0.1) is 0 Å². The van der Waals surface area contributed by atoms with Crippen LogP contribution in [0.2, 0.25) is 0 Å². The Hall–Kier alpha value is -3.68. The van der Waals surface area contributed by atoms with Crippen molar-refractivity contribution in [3.63, 3.8) is 0 Å². The maximum Gasteiger partial charge on any atom is 0.273 e. The smallest absolute Gasteiger partial charge is 0.273 e. The van der Waals surface area contributed by atoms with E-state index in [1.165, 1.54) is 6.92 Å². The van der Waals surface area contributed by atoms with Crippen molar-refractivity contribution in [1.29, 1.82) is 0 Å². The van der Waals surface area contributed by atoms with E-state index in [4.69, 9.17) is 5.73 Å². The van der Waals surface area contributed by atoms with Gasteiger partial charge in [0.25, 0.3) is 11.8 Å². The van der Waals surface area contributed by atoms with Crippen molar-refractivity contribution in [2.24, 2.45) is 5.73 Å². The average molecular weight is 351 g/mol. The number of nitrogens with one attached hydrogen (secondary N) is 3. The van der Waals surface area contributed by atoms with E-state index in [9.17, 15) is 14.4 Å². The lowest BCUT2D eigenvalue weighted by atomic mass is 10.1. The van der Waals surface area contributed by atoms with E-state index in [1.54, 1.807) is 42.5 Å². The molecule has 132 valence electrons. The number of H-pyrrole nitrogens is 1. The molecule has 1 aromatic heterocycles. The molecule has 8 nitrogen and oxygen atoms in total. The minimum atomic E-state index is -0.807. The molecule has 0 aliphatic heterocycles. The summed E-state index contributed by atoms with van der Waals surface area (Å²) in [5.74, 6) is -1.38. The summed E-state index contributed by atoms with van der Waals surface area (Å²) in [5, 5.41) is 12.6. The van der Waals surface area contributed by atoms with Gasteiger partial charge in [0, 0.05) is 16.6 Å². The van der Waals surface area contributed by atoms with Crippen molar-refractivity contribution >= 4 is 34.3 Å². The van der Waals surface area contributed by atoms with Crippen LogP contribution in [0.15, 0.2) is 48.5 Å². The highest BCUT2D eigenvalue weighted by atomic mass is 16.2. The molecule has 0 radical (unpaired) electrons. The van der Waals surface area contributed by atoms with E-state index in [0.29, 0.717) is 22.2 Å². The van der Waals surface area contributed by atoms with E-state index >= 15 is 0 Å². The van der Waals surface area contributed by atoms with Gasteiger partial charge < -0.3 is 16.4 Å². The Kier molecular flexibility index (Phi) is 4.66. The molecule has 0 aliphatic carbocycles. The number of hydrogen-bond donors (Lipinski definition) is 4. The van der Waals surface area contributed by atoms with Crippen molar-refractivity contribution in [3.8, 4) is 0 Å². The normalized spacial score (nSPS) is 11.7. The lowest BCUT2D eigenvalue weighted by Gasteiger charge is -2.08. The molecule has 3 rings (SSSR count). The first kappa shape index (κ1) is 17.2. The van der Waals surface area contributed by atoms with Gasteiger partial charge in [-0.3, -0.25) is 19.5 Å². The lowest BCUT2D eigenvalue weighted by molar-refractivity contribution is -0.119. The Balaban J connectivity index is 1.80. The first-order chi connectivity index (χ1) is 12.5. The summed E-state index contributed by atoms with van der Waals surface area (Å²) in [5.41, 5.74) is 6.97. The zero-order valence-corrected chi connectivity index (χ0v) is 13.9. The second-order valence-electron chi connectivity index (χ2n) is 5.75. The third-order valence-electron chi connectivity index (χ3n) is 3.85. The van der Waals surface area contributed by atoms with Gasteiger partial charge in [-0.1, -0.05) is 18.2 Å². The van der Waals surface area contributed by atoms with Crippen LogP contribution in [0.4, 0.5) is 5.69 Å². The highest BCUT2D eigenvalue weighted by Gasteiger charge is 2.18. The van der Waals surface area contributed by atoms with Crippen LogP contribution in [-0.2, 0) is 4.79 Å². The summed E-state index contributed by atoms with van der Waals surface area (Å²) in [6.07, 6.45) is 0. The molecular weight excluding hydrogens is 334 g/mol. The van der Waals surface area contributed by atoms with Crippen molar-refractivity contribution in [2.75, 3.05) is 5.32 Å². The molecule has 3 aromatic rings. The van der Waals surface area contributed by atoms with Crippen LogP contribution in [0.1, 0.15) is 27.8 Å². The molecule has 2 aromatic carbocycles. The molecule has 1 atom stereocenters. The van der Waals surface area contributed by atoms with Crippen LogP contribution < -0.4 is 16.4 Å². The number of hydrogen-bond acceptors (Lipinski definition) is 4. The van der Waals surface area contributed by atoms with Gasteiger partial charge in [-0.2, -0.15) is 5.10 Å².